The molecule has 0 bridgehead atoms. The second kappa shape index (κ2) is 4.67. The van der Waals surface area contributed by atoms with Gasteiger partial charge in [-0.2, -0.15) is 0 Å². The van der Waals surface area contributed by atoms with Crippen LogP contribution in [-0.4, -0.2) is 21.2 Å². The van der Waals surface area contributed by atoms with Crippen molar-refractivity contribution >= 4 is 11.8 Å². The third kappa shape index (κ3) is 1.96. The van der Waals surface area contributed by atoms with Crippen LogP contribution in [0.2, 0.25) is 0 Å². The second-order valence-electron chi connectivity index (χ2n) is 3.50. The van der Waals surface area contributed by atoms with Crippen LogP contribution in [0.3, 0.4) is 0 Å². The van der Waals surface area contributed by atoms with E-state index in [9.17, 15) is 0 Å². The van der Waals surface area contributed by atoms with Crippen molar-refractivity contribution in [1.82, 2.24) is 15.0 Å². The highest BCUT2D eigenvalue weighted by Crippen LogP contribution is 2.27. The van der Waals surface area contributed by atoms with Gasteiger partial charge in [0.2, 0.25) is 0 Å². The molecule has 1 unspecified atom stereocenters. The molecule has 1 atom stereocenters. The zero-order chi connectivity index (χ0) is 11.5. The number of hydrogen-bond acceptors (Lipinski definition) is 4. The minimum Gasteiger partial charge on any atom is -0.319 e. The predicted octanol–water partition coefficient (Wildman–Crippen LogP) is 1.59. The summed E-state index contributed by atoms with van der Waals surface area (Å²) in [5.74, 6) is 0. The molecule has 1 aromatic carbocycles. The Hall–Kier alpha value is -1.33. The first-order valence-electron chi connectivity index (χ1n) is 4.97. The number of rotatable bonds is 3. The molecule has 0 saturated heterocycles. The monoisotopic (exact) mass is 234 g/mol. The van der Waals surface area contributed by atoms with Gasteiger partial charge in [-0.05, 0) is 17.9 Å². The standard InChI is InChI=1S/C11H14N4S/c1-15-9(7-13-14-15)11(12)8-5-3-4-6-10(8)16-2/h3-7,11H,12H2,1-2H3. The molecule has 0 aliphatic heterocycles. The number of aryl methyl sites for hydroxylation is 1. The number of aromatic nitrogens is 3. The van der Waals surface area contributed by atoms with Crippen molar-refractivity contribution in [2.75, 3.05) is 6.26 Å². The molecular weight excluding hydrogens is 220 g/mol. The molecule has 5 heteroatoms. The highest BCUT2D eigenvalue weighted by atomic mass is 32.2. The van der Waals surface area contributed by atoms with Gasteiger partial charge in [-0.15, -0.1) is 16.9 Å². The molecule has 0 spiro atoms. The quantitative estimate of drug-likeness (QED) is 0.819. The fourth-order valence-electron chi connectivity index (χ4n) is 1.66. The van der Waals surface area contributed by atoms with Crippen LogP contribution in [-0.2, 0) is 7.05 Å². The molecule has 16 heavy (non-hydrogen) atoms. The van der Waals surface area contributed by atoms with E-state index in [4.69, 9.17) is 5.73 Å². The van der Waals surface area contributed by atoms with Gasteiger partial charge in [-0.3, -0.25) is 4.68 Å². The van der Waals surface area contributed by atoms with Crippen molar-refractivity contribution in [3.8, 4) is 0 Å². The van der Waals surface area contributed by atoms with E-state index in [1.54, 1.807) is 22.6 Å². The van der Waals surface area contributed by atoms with Crippen LogP contribution in [0.5, 0.6) is 0 Å². The Morgan fingerprint density at radius 2 is 2.12 bits per heavy atom. The molecule has 0 saturated carbocycles. The van der Waals surface area contributed by atoms with Crippen LogP contribution in [0, 0.1) is 0 Å². The van der Waals surface area contributed by atoms with Crippen molar-refractivity contribution in [2.45, 2.75) is 10.9 Å². The molecule has 2 rings (SSSR count). The molecule has 0 fully saturated rings. The normalized spacial score (nSPS) is 12.7. The lowest BCUT2D eigenvalue weighted by Crippen LogP contribution is -2.16. The molecule has 1 heterocycles. The molecular formula is C11H14N4S. The highest BCUT2D eigenvalue weighted by Gasteiger charge is 2.15. The van der Waals surface area contributed by atoms with E-state index < -0.39 is 0 Å². The lowest BCUT2D eigenvalue weighted by atomic mass is 10.1. The molecule has 2 N–H and O–H groups in total. The molecule has 2 aromatic rings. The summed E-state index contributed by atoms with van der Waals surface area (Å²) in [5, 5.41) is 7.75. The van der Waals surface area contributed by atoms with Crippen LogP contribution in [0.1, 0.15) is 17.3 Å². The fraction of sp³-hybridized carbons (Fsp3) is 0.273. The van der Waals surface area contributed by atoms with E-state index in [2.05, 4.69) is 16.4 Å². The van der Waals surface area contributed by atoms with Gasteiger partial charge in [0.25, 0.3) is 0 Å². The van der Waals surface area contributed by atoms with E-state index in [1.165, 1.54) is 4.90 Å². The van der Waals surface area contributed by atoms with Crippen LogP contribution in [0.15, 0.2) is 35.4 Å². The van der Waals surface area contributed by atoms with Crippen molar-refractivity contribution in [3.63, 3.8) is 0 Å². The molecule has 0 amide bonds. The van der Waals surface area contributed by atoms with Gasteiger partial charge in [-0.1, -0.05) is 23.4 Å². The first-order valence-corrected chi connectivity index (χ1v) is 6.19. The molecule has 1 aromatic heterocycles. The van der Waals surface area contributed by atoms with Crippen LogP contribution in [0.4, 0.5) is 0 Å². The summed E-state index contributed by atoms with van der Waals surface area (Å²) in [4.78, 5) is 1.19. The molecule has 0 aliphatic rings. The zero-order valence-electron chi connectivity index (χ0n) is 9.29. The number of nitrogens with zero attached hydrogens (tertiary/aromatic N) is 3. The smallest absolute Gasteiger partial charge is 0.0796 e. The maximum atomic E-state index is 6.22. The average molecular weight is 234 g/mol. The summed E-state index contributed by atoms with van der Waals surface area (Å²) in [6, 6.07) is 7.96. The van der Waals surface area contributed by atoms with Crippen LogP contribution in [0.25, 0.3) is 0 Å². The summed E-state index contributed by atoms with van der Waals surface area (Å²) in [6.45, 7) is 0. The van der Waals surface area contributed by atoms with E-state index in [0.717, 1.165) is 11.3 Å². The number of benzene rings is 1. The van der Waals surface area contributed by atoms with Gasteiger partial charge >= 0.3 is 0 Å². The van der Waals surface area contributed by atoms with Gasteiger partial charge in [0, 0.05) is 11.9 Å². The zero-order valence-corrected chi connectivity index (χ0v) is 10.1. The molecule has 84 valence electrons. The predicted molar refractivity (Wildman–Crippen MR) is 65.3 cm³/mol. The topological polar surface area (TPSA) is 56.7 Å². The van der Waals surface area contributed by atoms with Gasteiger partial charge < -0.3 is 5.73 Å². The third-order valence-electron chi connectivity index (χ3n) is 2.54. The average Bonchev–Trinajstić information content (AvgIpc) is 2.74. The minimum absolute atomic E-state index is 0.177. The first-order chi connectivity index (χ1) is 7.74. The maximum Gasteiger partial charge on any atom is 0.0796 e. The molecule has 0 aliphatic carbocycles. The maximum absolute atomic E-state index is 6.22. The number of thioether (sulfide) groups is 1. The van der Waals surface area contributed by atoms with Crippen molar-refractivity contribution in [2.24, 2.45) is 12.8 Å². The summed E-state index contributed by atoms with van der Waals surface area (Å²) in [5.41, 5.74) is 8.25. The Morgan fingerprint density at radius 3 is 2.75 bits per heavy atom. The Balaban J connectivity index is 2.41. The van der Waals surface area contributed by atoms with Crippen molar-refractivity contribution < 1.29 is 0 Å². The van der Waals surface area contributed by atoms with Crippen LogP contribution < -0.4 is 5.73 Å². The Kier molecular flexibility index (Phi) is 3.26. The Bertz CT molecular complexity index is 480. The highest BCUT2D eigenvalue weighted by molar-refractivity contribution is 7.98. The van der Waals surface area contributed by atoms with E-state index in [-0.39, 0.29) is 6.04 Å². The minimum atomic E-state index is -0.177. The molecule has 0 radical (unpaired) electrons. The van der Waals surface area contributed by atoms with E-state index >= 15 is 0 Å². The van der Waals surface area contributed by atoms with E-state index in [0.29, 0.717) is 0 Å². The number of nitrogens with two attached hydrogens (primary N) is 1. The van der Waals surface area contributed by atoms with Gasteiger partial charge in [0.1, 0.15) is 0 Å². The summed E-state index contributed by atoms with van der Waals surface area (Å²) in [7, 11) is 1.85. The van der Waals surface area contributed by atoms with Gasteiger partial charge in [0.15, 0.2) is 0 Å². The lowest BCUT2D eigenvalue weighted by molar-refractivity contribution is 0.647. The number of hydrogen-bond donors (Lipinski definition) is 1. The summed E-state index contributed by atoms with van der Waals surface area (Å²) in [6.07, 6.45) is 3.76. The summed E-state index contributed by atoms with van der Waals surface area (Å²) >= 11 is 1.70. The SMILES string of the molecule is CSc1ccccc1C(N)c1cnnn1C. The van der Waals surface area contributed by atoms with Gasteiger partial charge in [0.05, 0.1) is 17.9 Å². The largest absolute Gasteiger partial charge is 0.319 e. The lowest BCUT2D eigenvalue weighted by Gasteiger charge is -2.14. The van der Waals surface area contributed by atoms with E-state index in [1.807, 2.05) is 31.5 Å². The third-order valence-corrected chi connectivity index (χ3v) is 3.35. The Morgan fingerprint density at radius 1 is 1.38 bits per heavy atom. The van der Waals surface area contributed by atoms with Crippen molar-refractivity contribution in [1.29, 1.82) is 0 Å². The second-order valence-corrected chi connectivity index (χ2v) is 4.35. The van der Waals surface area contributed by atoms with Crippen molar-refractivity contribution in [3.05, 3.63) is 41.7 Å². The fourth-order valence-corrected chi connectivity index (χ4v) is 2.31. The molecule has 4 nitrogen and oxygen atoms in total. The van der Waals surface area contributed by atoms with Gasteiger partial charge in [-0.25, -0.2) is 0 Å². The summed E-state index contributed by atoms with van der Waals surface area (Å²) < 4.78 is 1.71. The Labute approximate surface area is 98.8 Å². The first kappa shape index (κ1) is 11.2. The van der Waals surface area contributed by atoms with Crippen LogP contribution >= 0.6 is 11.8 Å².